The second kappa shape index (κ2) is 4.48. The van der Waals surface area contributed by atoms with Crippen LogP contribution in [0.4, 0.5) is 5.69 Å². The minimum Gasteiger partial charge on any atom is -0.478 e. The standard InChI is InChI=1S/C12H12N2O4/c1-13-10(15)6-14(7-11(13)16)9-4-2-8(3-5-9)12(17)18/h2-5H,6-7H2,1H3,(H,17,18). The molecule has 2 rings (SSSR count). The summed E-state index contributed by atoms with van der Waals surface area (Å²) in [5.74, 6) is -1.55. The molecule has 1 saturated heterocycles. The number of carboxylic acid groups (broad SMARTS) is 1. The smallest absolute Gasteiger partial charge is 0.335 e. The van der Waals surface area contributed by atoms with Gasteiger partial charge in [0.15, 0.2) is 0 Å². The molecule has 1 fully saturated rings. The Morgan fingerprint density at radius 1 is 1.11 bits per heavy atom. The van der Waals surface area contributed by atoms with E-state index in [1.54, 1.807) is 17.0 Å². The molecule has 1 N–H and O–H groups in total. The van der Waals surface area contributed by atoms with Crippen molar-refractivity contribution >= 4 is 23.5 Å². The number of carbonyl (C=O) groups excluding carboxylic acids is 2. The van der Waals surface area contributed by atoms with Crippen molar-refractivity contribution in [1.82, 2.24) is 4.90 Å². The number of nitrogens with zero attached hydrogens (tertiary/aromatic N) is 2. The molecule has 1 heterocycles. The summed E-state index contributed by atoms with van der Waals surface area (Å²) in [6, 6.07) is 6.08. The van der Waals surface area contributed by atoms with E-state index in [1.807, 2.05) is 0 Å². The molecule has 0 atom stereocenters. The van der Waals surface area contributed by atoms with Gasteiger partial charge in [0.1, 0.15) is 0 Å². The van der Waals surface area contributed by atoms with E-state index in [0.717, 1.165) is 4.90 Å². The molecule has 0 unspecified atom stereocenters. The Morgan fingerprint density at radius 3 is 2.06 bits per heavy atom. The van der Waals surface area contributed by atoms with Crippen LogP contribution in [0.15, 0.2) is 24.3 Å². The van der Waals surface area contributed by atoms with Gasteiger partial charge in [-0.3, -0.25) is 14.5 Å². The lowest BCUT2D eigenvalue weighted by atomic mass is 10.2. The number of aromatic carboxylic acids is 1. The second-order valence-electron chi connectivity index (χ2n) is 4.05. The summed E-state index contributed by atoms with van der Waals surface area (Å²) < 4.78 is 0. The number of anilines is 1. The van der Waals surface area contributed by atoms with E-state index in [-0.39, 0.29) is 30.5 Å². The Hall–Kier alpha value is -2.37. The van der Waals surface area contributed by atoms with Crippen molar-refractivity contribution in [3.63, 3.8) is 0 Å². The minimum atomic E-state index is -1.01. The lowest BCUT2D eigenvalue weighted by molar-refractivity contribution is -0.143. The molecule has 6 heteroatoms. The quantitative estimate of drug-likeness (QED) is 0.756. The number of hydrogen-bond acceptors (Lipinski definition) is 4. The van der Waals surface area contributed by atoms with E-state index >= 15 is 0 Å². The average molecular weight is 248 g/mol. The molecule has 6 nitrogen and oxygen atoms in total. The molecule has 0 aromatic heterocycles. The van der Waals surface area contributed by atoms with Crippen LogP contribution in [-0.2, 0) is 9.59 Å². The van der Waals surface area contributed by atoms with Gasteiger partial charge in [-0.1, -0.05) is 0 Å². The molecule has 94 valence electrons. The summed E-state index contributed by atoms with van der Waals surface area (Å²) in [6.45, 7) is 0.239. The van der Waals surface area contributed by atoms with E-state index in [9.17, 15) is 14.4 Å². The summed E-state index contributed by atoms with van der Waals surface area (Å²) in [4.78, 5) is 36.5. The Morgan fingerprint density at radius 2 is 1.61 bits per heavy atom. The summed E-state index contributed by atoms with van der Waals surface area (Å²) in [5.41, 5.74) is 0.834. The van der Waals surface area contributed by atoms with Crippen molar-refractivity contribution in [2.45, 2.75) is 0 Å². The molecule has 1 aromatic rings. The number of hydrogen-bond donors (Lipinski definition) is 1. The number of benzene rings is 1. The average Bonchev–Trinajstić information content (AvgIpc) is 2.35. The molecule has 18 heavy (non-hydrogen) atoms. The van der Waals surface area contributed by atoms with Crippen LogP contribution in [0, 0.1) is 0 Å². The molecule has 0 bridgehead atoms. The van der Waals surface area contributed by atoms with Gasteiger partial charge < -0.3 is 10.0 Å². The van der Waals surface area contributed by atoms with Gasteiger partial charge in [0.2, 0.25) is 11.8 Å². The number of carbonyl (C=O) groups is 3. The maximum atomic E-state index is 11.5. The molecule has 1 aromatic carbocycles. The second-order valence-corrected chi connectivity index (χ2v) is 4.05. The monoisotopic (exact) mass is 248 g/mol. The Kier molecular flexibility index (Phi) is 3.01. The largest absolute Gasteiger partial charge is 0.478 e. The zero-order valence-corrected chi connectivity index (χ0v) is 9.79. The van der Waals surface area contributed by atoms with Crippen LogP contribution in [-0.4, -0.2) is 47.9 Å². The van der Waals surface area contributed by atoms with Gasteiger partial charge in [-0.05, 0) is 24.3 Å². The lowest BCUT2D eigenvalue weighted by Crippen LogP contribution is -2.52. The minimum absolute atomic E-state index is 0.120. The normalized spacial score (nSPS) is 16.1. The fourth-order valence-corrected chi connectivity index (χ4v) is 1.73. The first-order chi connectivity index (χ1) is 8.49. The first-order valence-electron chi connectivity index (χ1n) is 5.36. The Bertz CT molecular complexity index is 491. The molecular weight excluding hydrogens is 236 g/mol. The van der Waals surface area contributed by atoms with Crippen LogP contribution in [0.5, 0.6) is 0 Å². The number of amides is 2. The van der Waals surface area contributed by atoms with E-state index in [4.69, 9.17) is 5.11 Å². The number of likely N-dealkylation sites (N-methyl/N-ethyl adjacent to an activating group) is 1. The maximum absolute atomic E-state index is 11.5. The van der Waals surface area contributed by atoms with Gasteiger partial charge in [0.05, 0.1) is 18.7 Å². The summed E-state index contributed by atoms with van der Waals surface area (Å²) in [6.07, 6.45) is 0. The number of rotatable bonds is 2. The lowest BCUT2D eigenvalue weighted by Gasteiger charge is -2.31. The third kappa shape index (κ3) is 2.17. The van der Waals surface area contributed by atoms with Crippen molar-refractivity contribution in [1.29, 1.82) is 0 Å². The van der Waals surface area contributed by atoms with Crippen molar-refractivity contribution in [2.24, 2.45) is 0 Å². The van der Waals surface area contributed by atoms with Crippen LogP contribution in [0.1, 0.15) is 10.4 Å². The molecule has 0 saturated carbocycles. The number of imide groups is 1. The van der Waals surface area contributed by atoms with E-state index in [0.29, 0.717) is 5.69 Å². The highest BCUT2D eigenvalue weighted by Gasteiger charge is 2.28. The topological polar surface area (TPSA) is 77.9 Å². The van der Waals surface area contributed by atoms with Gasteiger partial charge in [0.25, 0.3) is 0 Å². The van der Waals surface area contributed by atoms with E-state index in [2.05, 4.69) is 0 Å². The zero-order valence-electron chi connectivity index (χ0n) is 9.79. The van der Waals surface area contributed by atoms with Gasteiger partial charge in [-0.15, -0.1) is 0 Å². The van der Waals surface area contributed by atoms with Crippen LogP contribution < -0.4 is 4.90 Å². The number of carboxylic acids is 1. The third-order valence-electron chi connectivity index (χ3n) is 2.88. The van der Waals surface area contributed by atoms with Crippen LogP contribution in [0.3, 0.4) is 0 Å². The van der Waals surface area contributed by atoms with Crippen molar-refractivity contribution in [2.75, 3.05) is 25.0 Å². The fraction of sp³-hybridized carbons (Fsp3) is 0.250. The highest BCUT2D eigenvalue weighted by molar-refractivity contribution is 6.02. The fourth-order valence-electron chi connectivity index (χ4n) is 1.73. The molecule has 1 aliphatic heterocycles. The van der Waals surface area contributed by atoms with Crippen LogP contribution in [0.25, 0.3) is 0 Å². The highest BCUT2D eigenvalue weighted by atomic mass is 16.4. The van der Waals surface area contributed by atoms with E-state index < -0.39 is 5.97 Å². The number of piperazine rings is 1. The van der Waals surface area contributed by atoms with Gasteiger partial charge in [-0.2, -0.15) is 0 Å². The summed E-state index contributed by atoms with van der Waals surface area (Å²) in [7, 11) is 1.45. The molecule has 2 amide bonds. The Labute approximate surface area is 103 Å². The molecule has 0 spiro atoms. The van der Waals surface area contributed by atoms with Gasteiger partial charge >= 0.3 is 5.97 Å². The first kappa shape index (κ1) is 12.1. The molecular formula is C12H12N2O4. The highest BCUT2D eigenvalue weighted by Crippen LogP contribution is 2.17. The van der Waals surface area contributed by atoms with Crippen molar-refractivity contribution < 1.29 is 19.5 Å². The predicted molar refractivity (Wildman–Crippen MR) is 63.4 cm³/mol. The van der Waals surface area contributed by atoms with E-state index in [1.165, 1.54) is 19.2 Å². The van der Waals surface area contributed by atoms with Crippen LogP contribution in [0.2, 0.25) is 0 Å². The predicted octanol–water partition coefficient (Wildman–Crippen LogP) is 0.190. The third-order valence-corrected chi connectivity index (χ3v) is 2.88. The molecule has 0 radical (unpaired) electrons. The SMILES string of the molecule is CN1C(=O)CN(c2ccc(C(=O)O)cc2)CC1=O. The first-order valence-corrected chi connectivity index (χ1v) is 5.36. The maximum Gasteiger partial charge on any atom is 0.335 e. The van der Waals surface area contributed by atoms with Gasteiger partial charge in [0, 0.05) is 12.7 Å². The summed E-state index contributed by atoms with van der Waals surface area (Å²) >= 11 is 0. The summed E-state index contributed by atoms with van der Waals surface area (Å²) in [5, 5.41) is 8.78. The van der Waals surface area contributed by atoms with Crippen LogP contribution >= 0.6 is 0 Å². The van der Waals surface area contributed by atoms with Crippen molar-refractivity contribution in [3.05, 3.63) is 29.8 Å². The Balaban J connectivity index is 2.19. The molecule has 1 aliphatic rings. The molecule has 0 aliphatic carbocycles. The zero-order chi connectivity index (χ0) is 13.3. The van der Waals surface area contributed by atoms with Gasteiger partial charge in [-0.25, -0.2) is 4.79 Å². The van der Waals surface area contributed by atoms with Crippen molar-refractivity contribution in [3.8, 4) is 0 Å².